The predicted molar refractivity (Wildman–Crippen MR) is 133 cm³/mol. The molecular weight excluding hydrogens is 468 g/mol. The highest BCUT2D eigenvalue weighted by Gasteiger charge is 2.26. The molecule has 0 aromatic heterocycles. The molecule has 152 valence electrons. The van der Waals surface area contributed by atoms with Crippen LogP contribution in [0.15, 0.2) is 0 Å². The van der Waals surface area contributed by atoms with Crippen molar-refractivity contribution in [1.29, 1.82) is 0 Å². The Hall–Kier alpha value is 0.460. The van der Waals surface area contributed by atoms with Gasteiger partial charge in [0.15, 0.2) is 0 Å². The largest absolute Gasteiger partial charge is 0.117 e. The number of halogens is 4. The molecule has 0 nitrogen and oxygen atoms in total. The maximum Gasteiger partial charge on any atom is 0.117 e. The number of hydrogen-bond donors (Lipinski definition) is 0. The van der Waals surface area contributed by atoms with Crippen LogP contribution in [0.2, 0.25) is 0 Å². The fourth-order valence-corrected chi connectivity index (χ4v) is 9.37. The summed E-state index contributed by atoms with van der Waals surface area (Å²) in [6, 6.07) is 0. The number of hydrogen-bond acceptors (Lipinski definition) is 0. The van der Waals surface area contributed by atoms with Crippen LogP contribution in [0, 0.1) is 41.5 Å². The minimum atomic E-state index is -1.19. The van der Waals surface area contributed by atoms with Gasteiger partial charge in [-0.2, -0.15) is 0 Å². The van der Waals surface area contributed by atoms with Crippen molar-refractivity contribution in [3.8, 4) is 0 Å². The molecule has 4 aliphatic carbocycles. The second-order valence-electron chi connectivity index (χ2n) is 7.83. The Morgan fingerprint density at radius 2 is 0.679 bits per heavy atom. The molecule has 4 bridgehead atoms. The SMILES string of the molecule is Cc1c(C)c2c(P(Cl)Cl)c(C)c1CCc1c(C)c(C)c(c(C)c1P(Cl)Cl)CC2. The van der Waals surface area contributed by atoms with Crippen LogP contribution in [-0.4, -0.2) is 0 Å². The molecule has 0 atom stereocenters. The second kappa shape index (κ2) is 8.91. The molecule has 0 unspecified atom stereocenters. The van der Waals surface area contributed by atoms with Gasteiger partial charge in [0.2, 0.25) is 0 Å². The minimum absolute atomic E-state index is 0.934. The van der Waals surface area contributed by atoms with Gasteiger partial charge in [0, 0.05) is 10.6 Å². The zero-order valence-corrected chi connectivity index (χ0v) is 22.0. The van der Waals surface area contributed by atoms with Crippen LogP contribution >= 0.6 is 58.2 Å². The van der Waals surface area contributed by atoms with E-state index in [1.807, 2.05) is 0 Å². The fraction of sp³-hybridized carbons (Fsp3) is 0.455. The zero-order chi connectivity index (χ0) is 20.9. The zero-order valence-electron chi connectivity index (χ0n) is 17.2. The van der Waals surface area contributed by atoms with Crippen LogP contribution in [-0.2, 0) is 25.7 Å². The molecule has 0 fully saturated rings. The summed E-state index contributed by atoms with van der Waals surface area (Å²) < 4.78 is 0. The van der Waals surface area contributed by atoms with Gasteiger partial charge in [-0.3, -0.25) is 0 Å². The summed E-state index contributed by atoms with van der Waals surface area (Å²) in [5.41, 5.74) is 13.4. The summed E-state index contributed by atoms with van der Waals surface area (Å²) in [5, 5.41) is 2.35. The molecule has 4 aliphatic rings. The van der Waals surface area contributed by atoms with Gasteiger partial charge >= 0.3 is 0 Å². The molecule has 6 rings (SSSR count). The van der Waals surface area contributed by atoms with Crippen LogP contribution < -0.4 is 10.6 Å². The predicted octanol–water partition coefficient (Wildman–Crippen LogP) is 8.25. The van der Waals surface area contributed by atoms with Crippen LogP contribution in [0.3, 0.4) is 0 Å². The lowest BCUT2D eigenvalue weighted by atomic mass is 9.83. The molecule has 0 N–H and O–H groups in total. The smallest absolute Gasteiger partial charge is 0.0727 e. The third-order valence-corrected chi connectivity index (χ3v) is 10.6. The Morgan fingerprint density at radius 3 is 0.964 bits per heavy atom. The van der Waals surface area contributed by atoms with Crippen molar-refractivity contribution < 1.29 is 0 Å². The topological polar surface area (TPSA) is 0 Å². The lowest BCUT2D eigenvalue weighted by Gasteiger charge is -2.28. The average molecular weight is 494 g/mol. The van der Waals surface area contributed by atoms with E-state index in [2.05, 4.69) is 41.5 Å². The standard InChI is InChI=1S/C22H26Cl4P2/c1-11-13(3)19-10-8-18-12(2)14(4)20(22(16(18)6)28(25)26)9-7-17(11)15(5)21(19)27(23)24/h7-10H2,1-6H3. The molecule has 0 heterocycles. The summed E-state index contributed by atoms with van der Waals surface area (Å²) in [5.74, 6) is 0. The van der Waals surface area contributed by atoms with Gasteiger partial charge in [0.25, 0.3) is 0 Å². The quantitative estimate of drug-likeness (QED) is 0.369. The lowest BCUT2D eigenvalue weighted by Crippen LogP contribution is -2.23. The second-order valence-corrected chi connectivity index (χ2v) is 14.7. The fourth-order valence-electron chi connectivity index (χ4n) is 4.88. The lowest BCUT2D eigenvalue weighted by molar-refractivity contribution is 0.881. The van der Waals surface area contributed by atoms with Gasteiger partial charge in [-0.15, -0.1) is 0 Å². The summed E-state index contributed by atoms with van der Waals surface area (Å²) in [7, 11) is 0. The van der Waals surface area contributed by atoms with Gasteiger partial charge < -0.3 is 0 Å². The highest BCUT2D eigenvalue weighted by molar-refractivity contribution is 8.09. The van der Waals surface area contributed by atoms with Gasteiger partial charge in [0.05, 0.1) is 0 Å². The van der Waals surface area contributed by atoms with E-state index in [0.717, 1.165) is 25.7 Å². The Bertz CT molecular complexity index is 872. The first-order valence-electron chi connectivity index (χ1n) is 9.54. The highest BCUT2D eigenvalue weighted by atomic mass is 35.9. The van der Waals surface area contributed by atoms with E-state index < -0.39 is 13.3 Å². The van der Waals surface area contributed by atoms with Crippen LogP contribution in [0.5, 0.6) is 0 Å². The number of benzene rings is 2. The summed E-state index contributed by atoms with van der Waals surface area (Å²) in [4.78, 5) is 0. The molecule has 0 saturated carbocycles. The first-order chi connectivity index (χ1) is 13.1. The van der Waals surface area contributed by atoms with E-state index in [1.54, 1.807) is 0 Å². The van der Waals surface area contributed by atoms with Crippen LogP contribution in [0.25, 0.3) is 0 Å². The molecule has 0 saturated heterocycles. The van der Waals surface area contributed by atoms with Crippen molar-refractivity contribution in [1.82, 2.24) is 0 Å². The molecule has 2 aromatic carbocycles. The first-order valence-corrected chi connectivity index (χ1v) is 15.8. The molecule has 6 heteroatoms. The molecule has 0 spiro atoms. The van der Waals surface area contributed by atoms with Crippen molar-refractivity contribution in [2.24, 2.45) is 0 Å². The van der Waals surface area contributed by atoms with Crippen molar-refractivity contribution in [2.45, 2.75) is 67.2 Å². The molecule has 0 aliphatic heterocycles. The van der Waals surface area contributed by atoms with Crippen LogP contribution in [0.1, 0.15) is 55.6 Å². The highest BCUT2D eigenvalue weighted by Crippen LogP contribution is 2.50. The van der Waals surface area contributed by atoms with Crippen molar-refractivity contribution in [2.75, 3.05) is 0 Å². The van der Waals surface area contributed by atoms with Crippen LogP contribution in [0.4, 0.5) is 0 Å². The third-order valence-electron chi connectivity index (χ3n) is 6.71. The Balaban J connectivity index is 2.33. The van der Waals surface area contributed by atoms with E-state index in [4.69, 9.17) is 45.0 Å². The summed E-state index contributed by atoms with van der Waals surface area (Å²) in [6.07, 6.45) is 3.77. The van der Waals surface area contributed by atoms with Gasteiger partial charge in [-0.1, -0.05) is 45.0 Å². The van der Waals surface area contributed by atoms with E-state index >= 15 is 0 Å². The average Bonchev–Trinajstić information content (AvgIpc) is 2.60. The van der Waals surface area contributed by atoms with E-state index in [1.165, 1.54) is 66.2 Å². The van der Waals surface area contributed by atoms with Gasteiger partial charge in [-0.05, 0) is 123 Å². The normalized spacial score (nSPS) is 14.1. The first kappa shape index (κ1) is 23.1. The van der Waals surface area contributed by atoms with Gasteiger partial charge in [-0.25, -0.2) is 0 Å². The number of rotatable bonds is 2. The summed E-state index contributed by atoms with van der Waals surface area (Å²) >= 11 is 26.1. The van der Waals surface area contributed by atoms with E-state index in [-0.39, 0.29) is 0 Å². The van der Waals surface area contributed by atoms with Crippen molar-refractivity contribution >= 4 is 68.8 Å². The monoisotopic (exact) mass is 492 g/mol. The van der Waals surface area contributed by atoms with E-state index in [0.29, 0.717) is 0 Å². The molecule has 0 radical (unpaired) electrons. The molecule has 28 heavy (non-hydrogen) atoms. The third kappa shape index (κ3) is 3.88. The Morgan fingerprint density at radius 1 is 0.429 bits per heavy atom. The maximum atomic E-state index is 6.53. The maximum absolute atomic E-state index is 6.53. The molecule has 2 aromatic rings. The van der Waals surface area contributed by atoms with E-state index in [9.17, 15) is 0 Å². The van der Waals surface area contributed by atoms with Crippen molar-refractivity contribution in [3.63, 3.8) is 0 Å². The molecular formula is C22H26Cl4P2. The Kier molecular flexibility index (Phi) is 7.36. The summed E-state index contributed by atoms with van der Waals surface area (Å²) in [6.45, 7) is 10.9. The van der Waals surface area contributed by atoms with Gasteiger partial charge in [0.1, 0.15) is 13.3 Å². The minimum Gasteiger partial charge on any atom is -0.0727 e. The van der Waals surface area contributed by atoms with Crippen molar-refractivity contribution in [3.05, 3.63) is 55.6 Å². The molecule has 0 amide bonds. The Labute approximate surface area is 191 Å².